The summed E-state index contributed by atoms with van der Waals surface area (Å²) in [6.07, 6.45) is 3.38. The maximum Gasteiger partial charge on any atom is 0.241 e. The Morgan fingerprint density at radius 3 is 2.37 bits per heavy atom. The first kappa shape index (κ1) is 20.2. The van der Waals surface area contributed by atoms with Gasteiger partial charge < -0.3 is 10.6 Å². The number of hydrogen-bond donors (Lipinski definition) is 2. The summed E-state index contributed by atoms with van der Waals surface area (Å²) in [5, 5.41) is 6.13. The number of carbonyl (C=O) groups excluding carboxylic acids is 1. The van der Waals surface area contributed by atoms with Crippen LogP contribution in [0.5, 0.6) is 0 Å². The number of halogens is 1. The SMILES string of the molecule is CS(=O)(=O)C1(C(=O)NC2CCN(Cc3ccc(F)cc3)CC2)CCNCC1. The van der Waals surface area contributed by atoms with E-state index < -0.39 is 14.6 Å². The molecular weight excluding hydrogens is 369 g/mol. The minimum atomic E-state index is -3.49. The van der Waals surface area contributed by atoms with Gasteiger partial charge in [0, 0.05) is 31.9 Å². The van der Waals surface area contributed by atoms with E-state index in [0.717, 1.165) is 38.0 Å². The van der Waals surface area contributed by atoms with Gasteiger partial charge in [-0.05, 0) is 56.5 Å². The Morgan fingerprint density at radius 2 is 1.81 bits per heavy atom. The summed E-state index contributed by atoms with van der Waals surface area (Å²) in [6, 6.07) is 6.50. The number of likely N-dealkylation sites (tertiary alicyclic amines) is 1. The average molecular weight is 398 g/mol. The zero-order valence-electron chi connectivity index (χ0n) is 15.7. The lowest BCUT2D eigenvalue weighted by Gasteiger charge is -2.38. The Balaban J connectivity index is 1.55. The predicted octanol–water partition coefficient (Wildman–Crippen LogP) is 1.07. The Morgan fingerprint density at radius 1 is 1.22 bits per heavy atom. The van der Waals surface area contributed by atoms with Crippen LogP contribution >= 0.6 is 0 Å². The van der Waals surface area contributed by atoms with Crippen molar-refractivity contribution in [3.63, 3.8) is 0 Å². The van der Waals surface area contributed by atoms with E-state index in [1.165, 1.54) is 18.4 Å². The number of amides is 1. The number of piperidine rings is 2. The Labute approximate surface area is 160 Å². The van der Waals surface area contributed by atoms with Crippen LogP contribution in [0.3, 0.4) is 0 Å². The third-order valence-electron chi connectivity index (χ3n) is 5.78. The fourth-order valence-corrected chi connectivity index (χ4v) is 5.34. The molecule has 2 N–H and O–H groups in total. The second-order valence-electron chi connectivity index (χ2n) is 7.67. The minimum absolute atomic E-state index is 0.00419. The second kappa shape index (κ2) is 8.24. The van der Waals surface area contributed by atoms with Crippen molar-refractivity contribution < 1.29 is 17.6 Å². The first-order chi connectivity index (χ1) is 12.8. The number of nitrogens with one attached hydrogen (secondary N) is 2. The standard InChI is InChI=1S/C19H28FN3O3S/c1-27(25,26)19(8-10-21-11-9-19)18(24)22-17-6-12-23(13-7-17)14-15-2-4-16(20)5-3-15/h2-5,17,21H,6-14H2,1H3,(H,22,24). The van der Waals surface area contributed by atoms with E-state index in [1.54, 1.807) is 12.1 Å². The second-order valence-corrected chi connectivity index (χ2v) is 9.99. The van der Waals surface area contributed by atoms with Gasteiger partial charge in [0.2, 0.25) is 5.91 Å². The molecule has 0 saturated carbocycles. The van der Waals surface area contributed by atoms with Gasteiger partial charge in [0.25, 0.3) is 0 Å². The van der Waals surface area contributed by atoms with Crippen molar-refractivity contribution in [2.24, 2.45) is 0 Å². The molecule has 0 radical (unpaired) electrons. The van der Waals surface area contributed by atoms with Gasteiger partial charge in [-0.2, -0.15) is 0 Å². The zero-order chi connectivity index (χ0) is 19.5. The largest absolute Gasteiger partial charge is 0.352 e. The van der Waals surface area contributed by atoms with Crippen molar-refractivity contribution in [1.29, 1.82) is 0 Å². The monoisotopic (exact) mass is 397 g/mol. The number of rotatable bonds is 5. The van der Waals surface area contributed by atoms with Gasteiger partial charge in [-0.25, -0.2) is 12.8 Å². The first-order valence-corrected chi connectivity index (χ1v) is 11.4. The molecule has 2 heterocycles. The fraction of sp³-hybridized carbons (Fsp3) is 0.632. The molecule has 1 amide bonds. The van der Waals surface area contributed by atoms with Crippen LogP contribution in [0.4, 0.5) is 4.39 Å². The normalized spacial score (nSPS) is 21.7. The molecule has 0 bridgehead atoms. The summed E-state index contributed by atoms with van der Waals surface area (Å²) in [5.74, 6) is -0.582. The lowest BCUT2D eigenvalue weighted by atomic mass is 9.94. The molecule has 150 valence electrons. The Hall–Kier alpha value is -1.51. The summed E-state index contributed by atoms with van der Waals surface area (Å²) >= 11 is 0. The highest BCUT2D eigenvalue weighted by molar-refractivity contribution is 7.92. The molecule has 1 aromatic rings. The first-order valence-electron chi connectivity index (χ1n) is 9.48. The molecule has 8 heteroatoms. The molecule has 2 aliphatic heterocycles. The Bertz CT molecular complexity index is 753. The Kier molecular flexibility index (Phi) is 6.18. The van der Waals surface area contributed by atoms with Gasteiger partial charge in [0.15, 0.2) is 14.6 Å². The molecule has 3 rings (SSSR count). The summed E-state index contributed by atoms with van der Waals surface area (Å²) in [4.78, 5) is 15.1. The van der Waals surface area contributed by atoms with Crippen molar-refractivity contribution in [1.82, 2.24) is 15.5 Å². The summed E-state index contributed by atoms with van der Waals surface area (Å²) < 4.78 is 36.4. The van der Waals surface area contributed by atoms with Gasteiger partial charge in [-0.3, -0.25) is 9.69 Å². The van der Waals surface area contributed by atoms with E-state index in [-0.39, 0.29) is 17.8 Å². The molecule has 0 aliphatic carbocycles. The van der Waals surface area contributed by atoms with Crippen LogP contribution in [0.25, 0.3) is 0 Å². The van der Waals surface area contributed by atoms with Crippen LogP contribution in [0.15, 0.2) is 24.3 Å². The fourth-order valence-electron chi connectivity index (χ4n) is 4.00. The van der Waals surface area contributed by atoms with Gasteiger partial charge in [0.05, 0.1) is 0 Å². The average Bonchev–Trinajstić information content (AvgIpc) is 2.65. The minimum Gasteiger partial charge on any atom is -0.352 e. The van der Waals surface area contributed by atoms with Crippen molar-refractivity contribution >= 4 is 15.7 Å². The van der Waals surface area contributed by atoms with Crippen molar-refractivity contribution in [2.75, 3.05) is 32.4 Å². The van der Waals surface area contributed by atoms with Crippen LogP contribution < -0.4 is 10.6 Å². The number of benzene rings is 1. The number of carbonyl (C=O) groups is 1. The highest BCUT2D eigenvalue weighted by Crippen LogP contribution is 2.28. The molecule has 0 atom stereocenters. The summed E-state index contributed by atoms with van der Waals surface area (Å²) in [5.41, 5.74) is 1.06. The van der Waals surface area contributed by atoms with Crippen LogP contribution in [0, 0.1) is 5.82 Å². The number of nitrogens with zero attached hydrogens (tertiary/aromatic N) is 1. The molecule has 2 saturated heterocycles. The molecule has 2 fully saturated rings. The smallest absolute Gasteiger partial charge is 0.241 e. The van der Waals surface area contributed by atoms with E-state index in [0.29, 0.717) is 25.9 Å². The summed E-state index contributed by atoms with van der Waals surface area (Å²) in [7, 11) is -3.49. The molecule has 6 nitrogen and oxygen atoms in total. The van der Waals surface area contributed by atoms with Gasteiger partial charge >= 0.3 is 0 Å². The summed E-state index contributed by atoms with van der Waals surface area (Å²) in [6.45, 7) is 3.46. The maximum absolute atomic E-state index is 13.0. The van der Waals surface area contributed by atoms with Crippen molar-refractivity contribution in [3.05, 3.63) is 35.6 Å². The van der Waals surface area contributed by atoms with Gasteiger partial charge in [0.1, 0.15) is 5.82 Å². The molecule has 2 aliphatic rings. The predicted molar refractivity (Wildman–Crippen MR) is 103 cm³/mol. The number of sulfone groups is 1. The zero-order valence-corrected chi connectivity index (χ0v) is 16.5. The molecule has 0 aromatic heterocycles. The lowest BCUT2D eigenvalue weighted by Crippen LogP contribution is -2.59. The highest BCUT2D eigenvalue weighted by atomic mass is 32.2. The van der Waals surface area contributed by atoms with Crippen LogP contribution in [-0.2, 0) is 21.2 Å². The third kappa shape index (κ3) is 4.67. The van der Waals surface area contributed by atoms with Crippen molar-refractivity contribution in [2.45, 2.75) is 43.0 Å². The van der Waals surface area contributed by atoms with E-state index in [4.69, 9.17) is 0 Å². The topological polar surface area (TPSA) is 78.5 Å². The lowest BCUT2D eigenvalue weighted by molar-refractivity contribution is -0.125. The van der Waals surface area contributed by atoms with Crippen LogP contribution in [-0.4, -0.2) is 62.4 Å². The quantitative estimate of drug-likeness (QED) is 0.777. The van der Waals surface area contributed by atoms with Crippen LogP contribution in [0.1, 0.15) is 31.2 Å². The van der Waals surface area contributed by atoms with E-state index in [9.17, 15) is 17.6 Å². The molecular formula is C19H28FN3O3S. The number of hydrogen-bond acceptors (Lipinski definition) is 5. The van der Waals surface area contributed by atoms with Gasteiger partial charge in [-0.1, -0.05) is 12.1 Å². The van der Waals surface area contributed by atoms with Crippen molar-refractivity contribution in [3.8, 4) is 0 Å². The third-order valence-corrected chi connectivity index (χ3v) is 7.79. The van der Waals surface area contributed by atoms with E-state index in [2.05, 4.69) is 15.5 Å². The molecule has 0 spiro atoms. The van der Waals surface area contributed by atoms with E-state index >= 15 is 0 Å². The van der Waals surface area contributed by atoms with E-state index in [1.807, 2.05) is 0 Å². The molecule has 27 heavy (non-hydrogen) atoms. The highest BCUT2D eigenvalue weighted by Gasteiger charge is 2.49. The maximum atomic E-state index is 13.0. The van der Waals surface area contributed by atoms with Crippen LogP contribution in [0.2, 0.25) is 0 Å². The van der Waals surface area contributed by atoms with Gasteiger partial charge in [-0.15, -0.1) is 0 Å². The molecule has 0 unspecified atom stereocenters. The molecule has 1 aromatic carbocycles.